The molecule has 35 heavy (non-hydrogen) atoms. The van der Waals surface area contributed by atoms with E-state index in [9.17, 15) is 26.4 Å². The first-order valence-electron chi connectivity index (χ1n) is 10.5. The van der Waals surface area contributed by atoms with E-state index in [0.29, 0.717) is 18.5 Å². The molecule has 1 heterocycles. The lowest BCUT2D eigenvalue weighted by Crippen LogP contribution is -2.31. The highest BCUT2D eigenvalue weighted by Crippen LogP contribution is 2.43. The Morgan fingerprint density at radius 1 is 1.00 bits per heavy atom. The van der Waals surface area contributed by atoms with Crippen LogP contribution in [0.25, 0.3) is 0 Å². The molecule has 1 amide bonds. The monoisotopic (exact) mass is 526 g/mol. The van der Waals surface area contributed by atoms with E-state index in [0.717, 1.165) is 18.2 Å². The number of halogens is 5. The van der Waals surface area contributed by atoms with Crippen molar-refractivity contribution in [3.8, 4) is 0 Å². The van der Waals surface area contributed by atoms with Crippen LogP contribution in [-0.2, 0) is 16.2 Å². The minimum absolute atomic E-state index is 0.0771. The molecule has 0 aromatic heterocycles. The van der Waals surface area contributed by atoms with Gasteiger partial charge in [-0.15, -0.1) is 0 Å². The highest BCUT2D eigenvalue weighted by molar-refractivity contribution is 7.90. The molecule has 1 fully saturated rings. The van der Waals surface area contributed by atoms with Crippen molar-refractivity contribution in [1.82, 2.24) is 10.0 Å². The Labute approximate surface area is 204 Å². The number of rotatable bonds is 5. The summed E-state index contributed by atoms with van der Waals surface area (Å²) in [5, 5.41) is 3.01. The average Bonchev–Trinajstić information content (AvgIpc) is 3.28. The zero-order valence-electron chi connectivity index (χ0n) is 17.9. The van der Waals surface area contributed by atoms with Gasteiger partial charge in [0.25, 0.3) is 15.9 Å². The number of sulfonamides is 1. The molecule has 1 aliphatic heterocycles. The smallest absolute Gasteiger partial charge is 0.309 e. The Bertz CT molecular complexity index is 1360. The molecule has 0 radical (unpaired) electrons. The zero-order chi connectivity index (χ0) is 25.4. The lowest BCUT2D eigenvalue weighted by atomic mass is 9.86. The SMILES string of the molecule is O=C(NS(=O)(=O)c1ccccc1)c1cccc(C2NCCC2c2ccc(C(F)(F)F)cc2Cl)c1F. The van der Waals surface area contributed by atoms with Gasteiger partial charge in [-0.2, -0.15) is 13.2 Å². The highest BCUT2D eigenvalue weighted by atomic mass is 35.5. The zero-order valence-corrected chi connectivity index (χ0v) is 19.5. The van der Waals surface area contributed by atoms with Crippen LogP contribution in [0.4, 0.5) is 17.6 Å². The van der Waals surface area contributed by atoms with Crippen molar-refractivity contribution < 1.29 is 30.8 Å². The molecular formula is C24H19ClF4N2O3S. The molecule has 1 saturated heterocycles. The maximum absolute atomic E-state index is 15.5. The molecule has 3 aromatic carbocycles. The molecule has 4 rings (SSSR count). The normalized spacial score (nSPS) is 18.4. The maximum Gasteiger partial charge on any atom is 0.416 e. The molecule has 3 aromatic rings. The molecule has 0 aliphatic carbocycles. The van der Waals surface area contributed by atoms with Gasteiger partial charge in [-0.05, 0) is 48.9 Å². The second-order valence-corrected chi connectivity index (χ2v) is 10.1. The molecule has 2 N–H and O–H groups in total. The van der Waals surface area contributed by atoms with Gasteiger partial charge in [-0.25, -0.2) is 17.5 Å². The van der Waals surface area contributed by atoms with Gasteiger partial charge in [0.15, 0.2) is 0 Å². The van der Waals surface area contributed by atoms with Gasteiger partial charge < -0.3 is 5.32 Å². The number of carbonyl (C=O) groups is 1. The summed E-state index contributed by atoms with van der Waals surface area (Å²) in [6.45, 7) is 0.435. The molecule has 0 bridgehead atoms. The van der Waals surface area contributed by atoms with Crippen LogP contribution >= 0.6 is 11.6 Å². The Kier molecular flexibility index (Phi) is 6.90. The minimum Gasteiger partial charge on any atom is -0.309 e. The summed E-state index contributed by atoms with van der Waals surface area (Å²) in [4.78, 5) is 12.5. The van der Waals surface area contributed by atoms with Gasteiger partial charge in [0.2, 0.25) is 0 Å². The predicted molar refractivity (Wildman–Crippen MR) is 122 cm³/mol. The Balaban J connectivity index is 1.63. The number of hydrogen-bond donors (Lipinski definition) is 2. The number of carbonyl (C=O) groups excluding carboxylic acids is 1. The summed E-state index contributed by atoms with van der Waals surface area (Å²) in [7, 11) is -4.22. The molecule has 2 unspecified atom stereocenters. The number of nitrogens with one attached hydrogen (secondary N) is 2. The fourth-order valence-electron chi connectivity index (χ4n) is 4.17. The summed E-state index contributed by atoms with van der Waals surface area (Å²) >= 11 is 6.17. The topological polar surface area (TPSA) is 75.3 Å². The Morgan fingerprint density at radius 2 is 1.71 bits per heavy atom. The van der Waals surface area contributed by atoms with Crippen LogP contribution in [0.3, 0.4) is 0 Å². The number of alkyl halides is 3. The first-order chi connectivity index (χ1) is 16.5. The number of amides is 1. The van der Waals surface area contributed by atoms with E-state index in [1.54, 1.807) is 6.07 Å². The van der Waals surface area contributed by atoms with Crippen molar-refractivity contribution in [2.24, 2.45) is 0 Å². The van der Waals surface area contributed by atoms with Crippen molar-refractivity contribution in [2.45, 2.75) is 29.5 Å². The molecule has 5 nitrogen and oxygen atoms in total. The summed E-state index contributed by atoms with van der Waals surface area (Å²) in [5.41, 5.74) is -0.880. The van der Waals surface area contributed by atoms with Gasteiger partial charge in [0.05, 0.1) is 16.0 Å². The van der Waals surface area contributed by atoms with Gasteiger partial charge >= 0.3 is 6.18 Å². The Hall–Kier alpha value is -2.95. The van der Waals surface area contributed by atoms with E-state index in [2.05, 4.69) is 5.32 Å². The third-order valence-electron chi connectivity index (χ3n) is 5.84. The fraction of sp³-hybridized carbons (Fsp3) is 0.208. The summed E-state index contributed by atoms with van der Waals surface area (Å²) in [6.07, 6.45) is -4.09. The van der Waals surface area contributed by atoms with E-state index in [4.69, 9.17) is 11.6 Å². The fourth-order valence-corrected chi connectivity index (χ4v) is 5.48. The molecule has 0 spiro atoms. The van der Waals surface area contributed by atoms with Crippen molar-refractivity contribution in [2.75, 3.05) is 6.54 Å². The number of benzene rings is 3. The van der Waals surface area contributed by atoms with Crippen molar-refractivity contribution in [3.05, 3.63) is 99.8 Å². The van der Waals surface area contributed by atoms with Crippen LogP contribution in [0.1, 0.15) is 45.4 Å². The first kappa shape index (κ1) is 25.2. The first-order valence-corrected chi connectivity index (χ1v) is 12.4. The predicted octanol–water partition coefficient (Wildman–Crippen LogP) is 5.43. The lowest BCUT2D eigenvalue weighted by molar-refractivity contribution is -0.137. The number of hydrogen-bond acceptors (Lipinski definition) is 4. The lowest BCUT2D eigenvalue weighted by Gasteiger charge is -2.23. The molecule has 2 atom stereocenters. The van der Waals surface area contributed by atoms with E-state index in [1.165, 1.54) is 42.5 Å². The summed E-state index contributed by atoms with van der Waals surface area (Å²) in [6, 6.07) is 13.5. The third kappa shape index (κ3) is 5.19. The van der Waals surface area contributed by atoms with E-state index in [-0.39, 0.29) is 15.5 Å². The highest BCUT2D eigenvalue weighted by Gasteiger charge is 2.36. The second kappa shape index (κ2) is 9.60. The standard InChI is InChI=1S/C24H19ClF4N2O3S/c25-20-13-14(24(27,28)29)9-10-16(20)17-11-12-30-22(17)18-7-4-8-19(21(18)26)23(32)31-35(33,34)15-5-2-1-3-6-15/h1-10,13,17,22,30H,11-12H2,(H,31,32). The van der Waals surface area contributed by atoms with Gasteiger partial charge in [-0.1, -0.05) is 48.0 Å². The minimum atomic E-state index is -4.55. The van der Waals surface area contributed by atoms with Crippen LogP contribution in [0.15, 0.2) is 71.6 Å². The van der Waals surface area contributed by atoms with Crippen LogP contribution in [0.2, 0.25) is 5.02 Å². The molecule has 184 valence electrons. The van der Waals surface area contributed by atoms with Crippen molar-refractivity contribution in [1.29, 1.82) is 0 Å². The van der Waals surface area contributed by atoms with Crippen LogP contribution in [-0.4, -0.2) is 20.9 Å². The van der Waals surface area contributed by atoms with Crippen LogP contribution < -0.4 is 10.0 Å². The maximum atomic E-state index is 15.5. The molecule has 1 aliphatic rings. The van der Waals surface area contributed by atoms with Crippen LogP contribution in [0.5, 0.6) is 0 Å². The van der Waals surface area contributed by atoms with Crippen molar-refractivity contribution in [3.63, 3.8) is 0 Å². The summed E-state index contributed by atoms with van der Waals surface area (Å²) in [5.74, 6) is -2.54. The van der Waals surface area contributed by atoms with Crippen molar-refractivity contribution >= 4 is 27.5 Å². The third-order valence-corrected chi connectivity index (χ3v) is 7.51. The van der Waals surface area contributed by atoms with E-state index >= 15 is 4.39 Å². The van der Waals surface area contributed by atoms with Gasteiger partial charge in [0.1, 0.15) is 5.82 Å². The average molecular weight is 527 g/mol. The second-order valence-electron chi connectivity index (χ2n) is 8.02. The van der Waals surface area contributed by atoms with Crippen LogP contribution in [0, 0.1) is 5.82 Å². The van der Waals surface area contributed by atoms with E-state index < -0.39 is 51.0 Å². The van der Waals surface area contributed by atoms with Gasteiger partial charge in [0, 0.05) is 22.5 Å². The molecule has 0 saturated carbocycles. The van der Waals surface area contributed by atoms with E-state index in [1.807, 2.05) is 4.72 Å². The van der Waals surface area contributed by atoms with Gasteiger partial charge in [-0.3, -0.25) is 4.79 Å². The Morgan fingerprint density at radius 3 is 2.37 bits per heavy atom. The summed E-state index contributed by atoms with van der Waals surface area (Å²) < 4.78 is 81.4. The molecule has 11 heteroatoms. The largest absolute Gasteiger partial charge is 0.416 e. The quantitative estimate of drug-likeness (QED) is 0.434. The molecular weight excluding hydrogens is 508 g/mol.